The number of carbonyl (C=O) groups is 1. The van der Waals surface area contributed by atoms with E-state index in [-0.39, 0.29) is 37.2 Å². The lowest BCUT2D eigenvalue weighted by atomic mass is 10.3. The third-order valence-electron chi connectivity index (χ3n) is 2.37. The molecule has 108 valence electrons. The fraction of sp³-hybridized carbons (Fsp3) is 0.214. The van der Waals surface area contributed by atoms with Crippen LogP contribution in [0.1, 0.15) is 11.7 Å². The van der Waals surface area contributed by atoms with E-state index in [4.69, 9.17) is 15.7 Å². The molecule has 1 amide bonds. The van der Waals surface area contributed by atoms with Crippen LogP contribution in [-0.4, -0.2) is 22.6 Å². The summed E-state index contributed by atoms with van der Waals surface area (Å²) in [6.45, 7) is 0.154. The lowest BCUT2D eigenvalue weighted by Crippen LogP contribution is -2.25. The first-order valence-corrected chi connectivity index (χ1v) is 6.07. The molecule has 2 aromatic rings. The second kappa shape index (κ2) is 7.05. The number of terminal acetylenes is 1. The lowest BCUT2D eigenvalue weighted by Gasteiger charge is -2.02. The third kappa shape index (κ3) is 4.62. The predicted octanol–water partition coefficient (Wildman–Crippen LogP) is 1.08. The second-order valence-corrected chi connectivity index (χ2v) is 4.01. The van der Waals surface area contributed by atoms with E-state index in [9.17, 15) is 9.18 Å². The van der Waals surface area contributed by atoms with Crippen LogP contribution in [0.5, 0.6) is 5.75 Å². The average Bonchev–Trinajstić information content (AvgIpc) is 2.90. The summed E-state index contributed by atoms with van der Waals surface area (Å²) in [5, 5.41) is 6.14. The molecule has 0 saturated heterocycles. The molecule has 0 saturated carbocycles. The molecule has 7 heteroatoms. The van der Waals surface area contributed by atoms with Crippen LogP contribution in [0.25, 0.3) is 0 Å². The summed E-state index contributed by atoms with van der Waals surface area (Å²) in [7, 11) is 0. The molecule has 21 heavy (non-hydrogen) atoms. The highest BCUT2D eigenvalue weighted by Crippen LogP contribution is 2.13. The van der Waals surface area contributed by atoms with E-state index in [1.165, 1.54) is 18.2 Å². The van der Waals surface area contributed by atoms with Gasteiger partial charge in [-0.25, -0.2) is 4.39 Å². The molecule has 0 radical (unpaired) electrons. The molecule has 0 aliphatic rings. The lowest BCUT2D eigenvalue weighted by molar-refractivity contribution is -0.120. The Bertz CT molecular complexity index is 663. The highest BCUT2D eigenvalue weighted by atomic mass is 19.1. The van der Waals surface area contributed by atoms with Crippen molar-refractivity contribution in [2.45, 2.75) is 13.0 Å². The zero-order valence-electron chi connectivity index (χ0n) is 11.0. The van der Waals surface area contributed by atoms with Gasteiger partial charge in [0.2, 0.25) is 17.6 Å². The Hall–Kier alpha value is -2.88. The summed E-state index contributed by atoms with van der Waals surface area (Å²) in [6, 6.07) is 5.70. The minimum Gasteiger partial charge on any atom is -0.485 e. The van der Waals surface area contributed by atoms with Crippen molar-refractivity contribution in [1.82, 2.24) is 15.5 Å². The van der Waals surface area contributed by atoms with Gasteiger partial charge in [0.05, 0.1) is 6.54 Å². The van der Waals surface area contributed by atoms with Gasteiger partial charge in [0.15, 0.2) is 6.61 Å². The second-order valence-electron chi connectivity index (χ2n) is 4.01. The van der Waals surface area contributed by atoms with Gasteiger partial charge in [-0.05, 0) is 12.1 Å². The van der Waals surface area contributed by atoms with Gasteiger partial charge in [0, 0.05) is 6.07 Å². The van der Waals surface area contributed by atoms with Crippen molar-refractivity contribution in [3.8, 4) is 18.1 Å². The van der Waals surface area contributed by atoms with Gasteiger partial charge < -0.3 is 14.6 Å². The number of nitrogens with zero attached hydrogens (tertiary/aromatic N) is 2. The van der Waals surface area contributed by atoms with Crippen LogP contribution in [-0.2, 0) is 17.8 Å². The Kier molecular flexibility index (Phi) is 4.88. The molecule has 0 fully saturated rings. The third-order valence-corrected chi connectivity index (χ3v) is 2.37. The zero-order chi connectivity index (χ0) is 15.1. The first-order valence-electron chi connectivity index (χ1n) is 6.07. The molecule has 1 heterocycles. The standard InChI is InChI=1S/C14H12FN3O3/c1-2-6-16-13(19)8-14-17-12(18-21-14)9-20-11-5-3-4-10(15)7-11/h1,3-5,7H,6,8-9H2,(H,16,19). The number of carbonyl (C=O) groups excluding carboxylic acids is 1. The minimum atomic E-state index is -0.397. The van der Waals surface area contributed by atoms with E-state index in [1.807, 2.05) is 0 Å². The van der Waals surface area contributed by atoms with Crippen LogP contribution in [0.4, 0.5) is 4.39 Å². The molecule has 1 aromatic heterocycles. The van der Waals surface area contributed by atoms with Crippen LogP contribution in [0, 0.1) is 18.2 Å². The van der Waals surface area contributed by atoms with Crippen LogP contribution in [0.3, 0.4) is 0 Å². The van der Waals surface area contributed by atoms with E-state index in [0.29, 0.717) is 5.75 Å². The van der Waals surface area contributed by atoms with Crippen LogP contribution < -0.4 is 10.1 Å². The van der Waals surface area contributed by atoms with Crippen molar-refractivity contribution in [1.29, 1.82) is 0 Å². The summed E-state index contributed by atoms with van der Waals surface area (Å²) in [6.07, 6.45) is 4.96. The number of hydrogen-bond acceptors (Lipinski definition) is 5. The average molecular weight is 289 g/mol. The molecule has 1 aromatic carbocycles. The summed E-state index contributed by atoms with van der Waals surface area (Å²) in [4.78, 5) is 15.4. The number of aromatic nitrogens is 2. The number of hydrogen-bond donors (Lipinski definition) is 1. The topological polar surface area (TPSA) is 77.2 Å². The molecule has 0 aliphatic carbocycles. The molecule has 0 bridgehead atoms. The van der Waals surface area contributed by atoms with Crippen molar-refractivity contribution < 1.29 is 18.4 Å². The van der Waals surface area contributed by atoms with Crippen molar-refractivity contribution in [2.24, 2.45) is 0 Å². The maximum atomic E-state index is 13.0. The van der Waals surface area contributed by atoms with Gasteiger partial charge in [-0.15, -0.1) is 6.42 Å². The van der Waals surface area contributed by atoms with E-state index >= 15 is 0 Å². The van der Waals surface area contributed by atoms with Gasteiger partial charge in [-0.3, -0.25) is 4.79 Å². The van der Waals surface area contributed by atoms with Gasteiger partial charge in [-0.2, -0.15) is 4.98 Å². The molecule has 0 unspecified atom stereocenters. The Morgan fingerprint density at radius 1 is 1.52 bits per heavy atom. The Balaban J connectivity index is 1.86. The molecular weight excluding hydrogens is 277 g/mol. The van der Waals surface area contributed by atoms with Gasteiger partial charge in [0.25, 0.3) is 0 Å². The molecule has 1 N–H and O–H groups in total. The molecule has 0 aliphatic heterocycles. The van der Waals surface area contributed by atoms with E-state index in [1.54, 1.807) is 6.07 Å². The fourth-order valence-corrected chi connectivity index (χ4v) is 1.47. The maximum absolute atomic E-state index is 13.0. The Morgan fingerprint density at radius 2 is 2.38 bits per heavy atom. The van der Waals surface area contributed by atoms with Gasteiger partial charge >= 0.3 is 0 Å². The first-order chi connectivity index (χ1) is 10.2. The van der Waals surface area contributed by atoms with Crippen molar-refractivity contribution in [2.75, 3.05) is 6.54 Å². The number of ether oxygens (including phenoxy) is 1. The molecule has 2 rings (SSSR count). The zero-order valence-corrected chi connectivity index (χ0v) is 11.0. The number of nitrogens with one attached hydrogen (secondary N) is 1. The van der Waals surface area contributed by atoms with Gasteiger partial charge in [-0.1, -0.05) is 17.1 Å². The number of rotatable bonds is 6. The van der Waals surface area contributed by atoms with Crippen molar-refractivity contribution in [3.63, 3.8) is 0 Å². The van der Waals surface area contributed by atoms with Gasteiger partial charge in [0.1, 0.15) is 18.0 Å². The predicted molar refractivity (Wildman–Crippen MR) is 70.6 cm³/mol. The molecule has 0 atom stereocenters. The number of amides is 1. The maximum Gasteiger partial charge on any atom is 0.236 e. The van der Waals surface area contributed by atoms with Crippen LogP contribution in [0.2, 0.25) is 0 Å². The monoisotopic (exact) mass is 289 g/mol. The minimum absolute atomic E-state index is 0.0128. The Labute approximate surface area is 120 Å². The number of benzene rings is 1. The summed E-state index contributed by atoms with van der Waals surface area (Å²) in [5.74, 6) is 2.35. The van der Waals surface area contributed by atoms with E-state index < -0.39 is 5.82 Å². The summed E-state index contributed by atoms with van der Waals surface area (Å²) in [5.41, 5.74) is 0. The van der Waals surface area contributed by atoms with Crippen LogP contribution >= 0.6 is 0 Å². The normalized spacial score (nSPS) is 9.90. The Morgan fingerprint density at radius 3 is 3.14 bits per heavy atom. The molecular formula is C14H12FN3O3. The fourth-order valence-electron chi connectivity index (χ4n) is 1.47. The SMILES string of the molecule is C#CCNC(=O)Cc1nc(COc2cccc(F)c2)no1. The summed E-state index contributed by atoms with van der Waals surface area (Å²) < 4.78 is 23.2. The van der Waals surface area contributed by atoms with Crippen molar-refractivity contribution >= 4 is 5.91 Å². The highest BCUT2D eigenvalue weighted by molar-refractivity contribution is 5.77. The number of halogens is 1. The first kappa shape index (κ1) is 14.5. The summed E-state index contributed by atoms with van der Waals surface area (Å²) >= 11 is 0. The van der Waals surface area contributed by atoms with Crippen LogP contribution in [0.15, 0.2) is 28.8 Å². The van der Waals surface area contributed by atoms with E-state index in [0.717, 1.165) is 0 Å². The molecule has 0 spiro atoms. The van der Waals surface area contributed by atoms with Crippen molar-refractivity contribution in [3.05, 3.63) is 41.8 Å². The van der Waals surface area contributed by atoms with E-state index in [2.05, 4.69) is 21.4 Å². The smallest absolute Gasteiger partial charge is 0.236 e. The largest absolute Gasteiger partial charge is 0.485 e. The highest BCUT2D eigenvalue weighted by Gasteiger charge is 2.11. The molecule has 6 nitrogen and oxygen atoms in total. The quantitative estimate of drug-likeness (QED) is 0.805.